The summed E-state index contributed by atoms with van der Waals surface area (Å²) >= 11 is 0. The maximum absolute atomic E-state index is 13.7. The van der Waals surface area contributed by atoms with Gasteiger partial charge in [0.15, 0.2) is 0 Å². The van der Waals surface area contributed by atoms with Crippen LogP contribution in [0.5, 0.6) is 17.2 Å². The molecule has 2 aromatic carbocycles. The maximum Gasteiger partial charge on any atom is 0.342 e. The second-order valence-electron chi connectivity index (χ2n) is 11.6. The summed E-state index contributed by atoms with van der Waals surface area (Å²) in [6, 6.07) is 9.33. The summed E-state index contributed by atoms with van der Waals surface area (Å²) in [6.45, 7) is 9.84. The Labute approximate surface area is 294 Å². The average molecular weight is 763 g/mol. The zero-order valence-electron chi connectivity index (χ0n) is 29.8. The normalized spacial score (nSPS) is 15.9. The minimum absolute atomic E-state index is 0.0864. The number of esters is 2. The molecule has 0 heterocycles. The zero-order valence-corrected chi connectivity index (χ0v) is 32.6. The van der Waals surface area contributed by atoms with E-state index in [1.807, 2.05) is 0 Å². The van der Waals surface area contributed by atoms with Gasteiger partial charge in [0.25, 0.3) is 8.03 Å². The molecule has 0 saturated carbocycles. The van der Waals surface area contributed by atoms with Crippen LogP contribution in [0.25, 0.3) is 12.2 Å². The number of carbonyl (C=O) groups excluding carboxylic acids is 2. The second kappa shape index (κ2) is 20.8. The van der Waals surface area contributed by atoms with Gasteiger partial charge in [-0.1, -0.05) is 24.3 Å². The van der Waals surface area contributed by atoms with E-state index >= 15 is 0 Å². The van der Waals surface area contributed by atoms with E-state index in [4.69, 9.17) is 37.3 Å². The molecule has 2 aromatic rings. The van der Waals surface area contributed by atoms with Crippen molar-refractivity contribution in [1.82, 2.24) is 10.2 Å². The Bertz CT molecular complexity index is 1550. The van der Waals surface area contributed by atoms with Gasteiger partial charge < -0.3 is 37.3 Å². The van der Waals surface area contributed by atoms with Crippen molar-refractivity contribution in [3.63, 3.8) is 0 Å². The third-order valence-electron chi connectivity index (χ3n) is 6.04. The first kappa shape index (κ1) is 43.2. The minimum atomic E-state index is -3.83. The van der Waals surface area contributed by atoms with Crippen molar-refractivity contribution in [3.05, 3.63) is 53.6 Å². The van der Waals surface area contributed by atoms with E-state index in [2.05, 4.69) is 10.2 Å². The molecule has 0 aliphatic rings. The Morgan fingerprint density at radius 1 is 0.680 bits per heavy atom. The third kappa shape index (κ3) is 15.5. The van der Waals surface area contributed by atoms with E-state index in [1.165, 1.54) is 41.2 Å². The molecule has 50 heavy (non-hydrogen) atoms. The molecule has 0 saturated heterocycles. The van der Waals surface area contributed by atoms with Crippen molar-refractivity contribution in [3.8, 4) is 17.2 Å². The quantitative estimate of drug-likeness (QED) is 0.0750. The molecule has 0 fully saturated rings. The van der Waals surface area contributed by atoms with Gasteiger partial charge in [0, 0.05) is 27.4 Å². The lowest BCUT2D eigenvalue weighted by atomic mass is 10.1. The van der Waals surface area contributed by atoms with Crippen LogP contribution in [0.4, 0.5) is 0 Å². The predicted molar refractivity (Wildman–Crippen MR) is 191 cm³/mol. The van der Waals surface area contributed by atoms with E-state index in [0.717, 1.165) is 0 Å². The van der Waals surface area contributed by atoms with Crippen molar-refractivity contribution in [2.24, 2.45) is 0 Å². The molecule has 280 valence electrons. The molecule has 0 bridgehead atoms. The first-order chi connectivity index (χ1) is 23.5. The summed E-state index contributed by atoms with van der Waals surface area (Å²) in [6.07, 6.45) is 1.96. The number of ether oxygens (including phenoxy) is 5. The lowest BCUT2D eigenvalue weighted by Crippen LogP contribution is -2.36. The van der Waals surface area contributed by atoms with Crippen LogP contribution >= 0.6 is 23.1 Å². The highest BCUT2D eigenvalue weighted by Gasteiger charge is 2.32. The van der Waals surface area contributed by atoms with E-state index in [-0.39, 0.29) is 48.5 Å². The summed E-state index contributed by atoms with van der Waals surface area (Å²) in [5.74, 6) is -0.678. The summed E-state index contributed by atoms with van der Waals surface area (Å²) < 4.78 is 82.3. The van der Waals surface area contributed by atoms with Gasteiger partial charge in [-0.25, -0.2) is 10.2 Å². The third-order valence-corrected chi connectivity index (χ3v) is 10.8. The average Bonchev–Trinajstić information content (AvgIpc) is 3.00. The van der Waals surface area contributed by atoms with Crippen LogP contribution in [0, 0.1) is 0 Å². The van der Waals surface area contributed by atoms with Gasteiger partial charge in [0.1, 0.15) is 48.4 Å². The lowest BCUT2D eigenvalue weighted by molar-refractivity contribution is -0.149. The SMILES string of the molecule is COC[PH](=O)Oc1cc(/C=C/c2ccc(OP(=O)(COC)N[C@@H](C)C(=O)OC(C)C)cc2)cc(OP(=O)(COC)N[C@@H](C)C(=O)OC(C)C)c1. The first-order valence-corrected chi connectivity index (χ1v) is 20.8. The molecule has 2 N–H and O–H groups in total. The molecular weight excluding hydrogens is 713 g/mol. The van der Waals surface area contributed by atoms with Crippen LogP contribution in [-0.4, -0.2) is 76.6 Å². The summed E-state index contributed by atoms with van der Waals surface area (Å²) in [5.41, 5.74) is 1.24. The Morgan fingerprint density at radius 3 is 1.60 bits per heavy atom. The Balaban J connectivity index is 2.33. The molecule has 15 nitrogen and oxygen atoms in total. The summed E-state index contributed by atoms with van der Waals surface area (Å²) in [5, 5.41) is 5.39. The molecule has 0 aliphatic carbocycles. The minimum Gasteiger partial charge on any atom is -0.462 e. The first-order valence-electron chi connectivity index (χ1n) is 15.6. The molecular formula is C32H49N2O13P3. The largest absolute Gasteiger partial charge is 0.462 e. The van der Waals surface area contributed by atoms with Gasteiger partial charge in [-0.05, 0) is 76.9 Å². The Kier molecular flexibility index (Phi) is 17.9. The van der Waals surface area contributed by atoms with Crippen LogP contribution < -0.4 is 23.7 Å². The number of nitrogens with one attached hydrogen (secondary N) is 2. The van der Waals surface area contributed by atoms with Crippen molar-refractivity contribution >= 4 is 47.2 Å². The monoisotopic (exact) mass is 762 g/mol. The van der Waals surface area contributed by atoms with Gasteiger partial charge in [0.2, 0.25) is 0 Å². The van der Waals surface area contributed by atoms with Crippen molar-refractivity contribution in [1.29, 1.82) is 0 Å². The zero-order chi connectivity index (χ0) is 37.5. The van der Waals surface area contributed by atoms with Crippen molar-refractivity contribution in [2.45, 2.75) is 65.8 Å². The standard InChI is InChI=1S/C32H49N2O13P3/c1-22(2)43-31(35)24(5)33-49(38,20-41-8)46-28-14-12-26(13-15-28)10-11-27-16-29(45-48(37)19-40-7)18-30(17-27)47-50(39,21-42-9)34-25(6)32(36)44-23(3)4/h10-18,22-25,48H,19-21H2,1-9H3,(H,33,38)(H,34,39)/b11-10+/t24-,25-,49?,50?/m0/s1. The van der Waals surface area contributed by atoms with E-state index in [9.17, 15) is 23.3 Å². The maximum atomic E-state index is 13.7. The second-order valence-corrected chi connectivity index (χ2v) is 16.9. The number of benzene rings is 2. The number of carbonyl (C=O) groups is 2. The topological polar surface area (TPSA) is 183 Å². The molecule has 18 heteroatoms. The molecule has 0 amide bonds. The molecule has 0 aromatic heterocycles. The van der Waals surface area contributed by atoms with Gasteiger partial charge >= 0.3 is 27.0 Å². The van der Waals surface area contributed by atoms with Gasteiger partial charge in [-0.15, -0.1) is 0 Å². The lowest BCUT2D eigenvalue weighted by Gasteiger charge is -2.24. The smallest absolute Gasteiger partial charge is 0.342 e. The predicted octanol–water partition coefficient (Wildman–Crippen LogP) is 6.53. The van der Waals surface area contributed by atoms with E-state index < -0.39 is 47.1 Å². The van der Waals surface area contributed by atoms with Crippen molar-refractivity contribution in [2.75, 3.05) is 40.4 Å². The number of methoxy groups -OCH3 is 3. The molecule has 3 unspecified atom stereocenters. The highest BCUT2D eigenvalue weighted by atomic mass is 31.2. The molecule has 0 spiro atoms. The highest BCUT2D eigenvalue weighted by Crippen LogP contribution is 2.46. The van der Waals surface area contributed by atoms with Crippen LogP contribution in [0.1, 0.15) is 52.7 Å². The Morgan fingerprint density at radius 2 is 1.14 bits per heavy atom. The Hall–Kier alpha value is -2.99. The van der Waals surface area contributed by atoms with Gasteiger partial charge in [0.05, 0.1) is 12.2 Å². The summed E-state index contributed by atoms with van der Waals surface area (Å²) in [7, 11) is -6.01. The fourth-order valence-electron chi connectivity index (χ4n) is 4.14. The van der Waals surface area contributed by atoms with E-state index in [1.54, 1.807) is 76.2 Å². The van der Waals surface area contributed by atoms with Crippen LogP contribution in [0.15, 0.2) is 42.5 Å². The van der Waals surface area contributed by atoms with E-state index in [0.29, 0.717) is 11.1 Å². The molecule has 0 aliphatic heterocycles. The highest BCUT2D eigenvalue weighted by molar-refractivity contribution is 7.57. The fourth-order valence-corrected chi connectivity index (χ4v) is 8.15. The molecule has 2 rings (SSSR count). The van der Waals surface area contributed by atoms with Crippen LogP contribution in [-0.2, 0) is 47.0 Å². The van der Waals surface area contributed by atoms with Crippen LogP contribution in [0.2, 0.25) is 0 Å². The van der Waals surface area contributed by atoms with Gasteiger partial charge in [-0.2, -0.15) is 0 Å². The van der Waals surface area contributed by atoms with Crippen LogP contribution in [0.3, 0.4) is 0 Å². The van der Waals surface area contributed by atoms with Gasteiger partial charge in [-0.3, -0.25) is 23.3 Å². The number of hydrogen-bond acceptors (Lipinski definition) is 13. The summed E-state index contributed by atoms with van der Waals surface area (Å²) in [4.78, 5) is 24.7. The molecule has 5 atom stereocenters. The van der Waals surface area contributed by atoms with Crippen molar-refractivity contribution < 1.29 is 60.5 Å². The fraction of sp³-hybridized carbons (Fsp3) is 0.500. The number of rotatable bonds is 22. The number of hydrogen-bond donors (Lipinski definition) is 2. The molecule has 0 radical (unpaired) electrons.